The first-order chi connectivity index (χ1) is 9.19. The second-order valence-corrected chi connectivity index (χ2v) is 4.83. The molecule has 19 heavy (non-hydrogen) atoms. The van der Waals surface area contributed by atoms with Crippen molar-refractivity contribution in [2.45, 2.75) is 13.3 Å². The van der Waals surface area contributed by atoms with Gasteiger partial charge < -0.3 is 11.1 Å². The molecule has 1 heterocycles. The fourth-order valence-electron chi connectivity index (χ4n) is 2.44. The number of anilines is 2. The third kappa shape index (κ3) is 1.97. The summed E-state index contributed by atoms with van der Waals surface area (Å²) in [5.74, 6) is 0. The number of fused-ring (bicyclic) bond motifs is 2. The Kier molecular flexibility index (Phi) is 2.75. The Morgan fingerprint density at radius 3 is 2.84 bits per heavy atom. The molecule has 0 aromatic heterocycles. The number of rotatable bonds is 1. The fourth-order valence-corrected chi connectivity index (χ4v) is 2.44. The maximum absolute atomic E-state index is 5.97. The SMILES string of the molecule is CNc1ccc2c(c1)CC=c1c(C)c(N)ccc1=N2. The molecule has 2 aromatic rings. The molecule has 0 amide bonds. The minimum atomic E-state index is 0.826. The van der Waals surface area contributed by atoms with Gasteiger partial charge in [-0.2, -0.15) is 0 Å². The molecule has 0 aliphatic carbocycles. The average molecular weight is 251 g/mol. The molecule has 0 radical (unpaired) electrons. The molecule has 0 saturated carbocycles. The Balaban J connectivity index is 2.27. The normalized spacial score (nSPS) is 12.5. The van der Waals surface area contributed by atoms with Crippen LogP contribution in [0.4, 0.5) is 17.1 Å². The number of nitrogen functional groups attached to an aromatic ring is 1. The Bertz CT molecular complexity index is 760. The van der Waals surface area contributed by atoms with E-state index in [1.165, 1.54) is 5.56 Å². The molecule has 0 fully saturated rings. The minimum absolute atomic E-state index is 0.826. The third-order valence-corrected chi connectivity index (χ3v) is 3.67. The van der Waals surface area contributed by atoms with E-state index in [9.17, 15) is 0 Å². The van der Waals surface area contributed by atoms with E-state index in [1.54, 1.807) is 0 Å². The van der Waals surface area contributed by atoms with Gasteiger partial charge in [-0.15, -0.1) is 0 Å². The first-order valence-electron chi connectivity index (χ1n) is 6.44. The Morgan fingerprint density at radius 1 is 1.21 bits per heavy atom. The minimum Gasteiger partial charge on any atom is -0.398 e. The summed E-state index contributed by atoms with van der Waals surface area (Å²) in [5.41, 5.74) is 11.3. The van der Waals surface area contributed by atoms with Crippen molar-refractivity contribution in [3.63, 3.8) is 0 Å². The van der Waals surface area contributed by atoms with Crippen LogP contribution in [-0.2, 0) is 6.42 Å². The predicted octanol–water partition coefficient (Wildman–Crippen LogP) is 1.91. The monoisotopic (exact) mass is 251 g/mol. The standard InChI is InChI=1S/C16H17N3/c1-10-13-5-3-11-9-12(18-2)4-7-15(11)19-16(13)8-6-14(10)17/h4-9,18H,3,17H2,1-2H3. The number of hydrogen-bond donors (Lipinski definition) is 2. The van der Waals surface area contributed by atoms with Crippen molar-refractivity contribution in [1.82, 2.24) is 0 Å². The molecule has 3 N–H and O–H groups in total. The lowest BCUT2D eigenvalue weighted by Gasteiger charge is -2.05. The first kappa shape index (κ1) is 11.8. The maximum atomic E-state index is 5.97. The molecule has 0 unspecified atom stereocenters. The lowest BCUT2D eigenvalue weighted by Crippen LogP contribution is -2.27. The molecule has 2 aromatic carbocycles. The molecule has 0 spiro atoms. The van der Waals surface area contributed by atoms with Gasteiger partial charge >= 0.3 is 0 Å². The molecule has 96 valence electrons. The Labute approximate surface area is 112 Å². The topological polar surface area (TPSA) is 50.4 Å². The molecule has 0 atom stereocenters. The van der Waals surface area contributed by atoms with Crippen LogP contribution in [0.3, 0.4) is 0 Å². The number of hydrogen-bond acceptors (Lipinski definition) is 3. The fraction of sp³-hybridized carbons (Fsp3) is 0.188. The highest BCUT2D eigenvalue weighted by Crippen LogP contribution is 2.24. The molecule has 3 heteroatoms. The van der Waals surface area contributed by atoms with E-state index in [-0.39, 0.29) is 0 Å². The molecular weight excluding hydrogens is 234 g/mol. The molecular formula is C16H17N3. The van der Waals surface area contributed by atoms with Crippen molar-refractivity contribution in [3.05, 3.63) is 52.0 Å². The average Bonchev–Trinajstić information content (AvgIpc) is 2.61. The van der Waals surface area contributed by atoms with Crippen molar-refractivity contribution in [1.29, 1.82) is 0 Å². The van der Waals surface area contributed by atoms with Crippen molar-refractivity contribution in [2.24, 2.45) is 4.99 Å². The van der Waals surface area contributed by atoms with Crippen LogP contribution in [0.15, 0.2) is 35.3 Å². The zero-order chi connectivity index (χ0) is 13.4. The summed E-state index contributed by atoms with van der Waals surface area (Å²) in [6.45, 7) is 2.05. The van der Waals surface area contributed by atoms with Gasteiger partial charge in [0.1, 0.15) is 0 Å². The summed E-state index contributed by atoms with van der Waals surface area (Å²) in [6, 6.07) is 10.2. The van der Waals surface area contributed by atoms with Crippen LogP contribution < -0.4 is 21.6 Å². The summed E-state index contributed by atoms with van der Waals surface area (Å²) in [4.78, 5) is 4.77. The maximum Gasteiger partial charge on any atom is 0.0710 e. The van der Waals surface area contributed by atoms with Crippen LogP contribution in [0.2, 0.25) is 0 Å². The van der Waals surface area contributed by atoms with Gasteiger partial charge in [0, 0.05) is 23.6 Å². The second-order valence-electron chi connectivity index (χ2n) is 4.83. The van der Waals surface area contributed by atoms with Crippen molar-refractivity contribution < 1.29 is 0 Å². The lowest BCUT2D eigenvalue weighted by molar-refractivity contribution is 1.26. The zero-order valence-corrected chi connectivity index (χ0v) is 11.2. The van der Waals surface area contributed by atoms with E-state index in [0.29, 0.717) is 0 Å². The largest absolute Gasteiger partial charge is 0.398 e. The number of nitrogens with zero attached hydrogens (tertiary/aromatic N) is 1. The Hall–Kier alpha value is -2.29. The van der Waals surface area contributed by atoms with Crippen LogP contribution in [0.5, 0.6) is 0 Å². The van der Waals surface area contributed by atoms with E-state index in [0.717, 1.165) is 39.6 Å². The summed E-state index contributed by atoms with van der Waals surface area (Å²) >= 11 is 0. The lowest BCUT2D eigenvalue weighted by atomic mass is 10.1. The summed E-state index contributed by atoms with van der Waals surface area (Å²) in [6.07, 6.45) is 3.10. The van der Waals surface area contributed by atoms with E-state index in [2.05, 4.69) is 36.5 Å². The zero-order valence-electron chi connectivity index (χ0n) is 11.2. The summed E-state index contributed by atoms with van der Waals surface area (Å²) in [7, 11) is 1.93. The van der Waals surface area contributed by atoms with Crippen LogP contribution in [0.1, 0.15) is 11.1 Å². The quantitative estimate of drug-likeness (QED) is 0.761. The van der Waals surface area contributed by atoms with Gasteiger partial charge in [0.25, 0.3) is 0 Å². The van der Waals surface area contributed by atoms with Crippen LogP contribution >= 0.6 is 0 Å². The first-order valence-corrected chi connectivity index (χ1v) is 6.44. The van der Waals surface area contributed by atoms with Crippen LogP contribution in [0.25, 0.3) is 6.08 Å². The highest BCUT2D eigenvalue weighted by atomic mass is 14.8. The number of benzene rings is 2. The van der Waals surface area contributed by atoms with Gasteiger partial charge in [-0.1, -0.05) is 6.08 Å². The highest BCUT2D eigenvalue weighted by Gasteiger charge is 2.07. The van der Waals surface area contributed by atoms with Crippen molar-refractivity contribution in [2.75, 3.05) is 18.1 Å². The van der Waals surface area contributed by atoms with E-state index in [1.807, 2.05) is 19.2 Å². The van der Waals surface area contributed by atoms with E-state index in [4.69, 9.17) is 10.7 Å². The highest BCUT2D eigenvalue weighted by molar-refractivity contribution is 5.61. The summed E-state index contributed by atoms with van der Waals surface area (Å²) < 4.78 is 0. The molecule has 3 rings (SSSR count). The van der Waals surface area contributed by atoms with Crippen LogP contribution in [-0.4, -0.2) is 7.05 Å². The van der Waals surface area contributed by atoms with Crippen LogP contribution in [0, 0.1) is 6.92 Å². The van der Waals surface area contributed by atoms with Gasteiger partial charge in [-0.05, 0) is 54.8 Å². The van der Waals surface area contributed by atoms with Gasteiger partial charge in [0.2, 0.25) is 0 Å². The number of nitrogens with one attached hydrogen (secondary N) is 1. The van der Waals surface area contributed by atoms with Crippen molar-refractivity contribution in [3.8, 4) is 0 Å². The predicted molar refractivity (Wildman–Crippen MR) is 80.2 cm³/mol. The third-order valence-electron chi connectivity index (χ3n) is 3.67. The van der Waals surface area contributed by atoms with Gasteiger partial charge in [0.15, 0.2) is 0 Å². The second kappa shape index (κ2) is 4.43. The smallest absolute Gasteiger partial charge is 0.0710 e. The van der Waals surface area contributed by atoms with Gasteiger partial charge in [0.05, 0.1) is 11.0 Å². The summed E-state index contributed by atoms with van der Waals surface area (Å²) in [5, 5.41) is 5.32. The molecule has 3 nitrogen and oxygen atoms in total. The van der Waals surface area contributed by atoms with Crippen molar-refractivity contribution >= 4 is 23.1 Å². The number of nitrogens with two attached hydrogens (primary N) is 1. The van der Waals surface area contributed by atoms with Gasteiger partial charge in [-0.25, -0.2) is 4.99 Å². The molecule has 0 bridgehead atoms. The van der Waals surface area contributed by atoms with Gasteiger partial charge in [-0.3, -0.25) is 0 Å². The molecule has 0 saturated heterocycles. The van der Waals surface area contributed by atoms with E-state index < -0.39 is 0 Å². The Morgan fingerprint density at radius 2 is 2.05 bits per heavy atom. The van der Waals surface area contributed by atoms with E-state index >= 15 is 0 Å². The molecule has 1 aliphatic heterocycles. The molecule has 1 aliphatic rings.